The van der Waals surface area contributed by atoms with Crippen molar-refractivity contribution in [3.63, 3.8) is 0 Å². The molecule has 0 unspecified atom stereocenters. The monoisotopic (exact) mass is 348 g/mol. The number of anilines is 1. The Kier molecular flexibility index (Phi) is 5.20. The zero-order valence-electron chi connectivity index (χ0n) is 13.9. The summed E-state index contributed by atoms with van der Waals surface area (Å²) in [4.78, 5) is 13.1. The molecular weight excluding hydrogens is 328 g/mol. The van der Waals surface area contributed by atoms with Crippen LogP contribution in [0.4, 0.5) is 5.69 Å². The number of nitrogens with one attached hydrogen (secondary N) is 1. The first-order valence-corrected chi connectivity index (χ1v) is 8.29. The number of aliphatic imine (C=N–C) groups is 1. The number of nitrogens with zero attached hydrogens (tertiary/aromatic N) is 5. The van der Waals surface area contributed by atoms with Crippen LogP contribution in [0.3, 0.4) is 0 Å². The average molecular weight is 349 g/mol. The number of halogens is 1. The normalized spacial score (nSPS) is 15.7. The molecule has 2 heterocycles. The third-order valence-corrected chi connectivity index (χ3v) is 4.17. The lowest BCUT2D eigenvalue weighted by molar-refractivity contribution is 0.354. The van der Waals surface area contributed by atoms with E-state index in [1.165, 1.54) is 0 Å². The standard InChI is InChI=1S/C16H21ClN6O/c1-12-20-15(24-21-12)11-19-16(18-2)23-8-6-22(7-9-23)14-5-3-4-13(17)10-14/h3-5,10H,6-9,11H2,1-2H3,(H,18,19). The summed E-state index contributed by atoms with van der Waals surface area (Å²) in [7, 11) is 1.78. The van der Waals surface area contributed by atoms with Crippen LogP contribution < -0.4 is 10.2 Å². The van der Waals surface area contributed by atoms with Crippen molar-refractivity contribution in [1.29, 1.82) is 0 Å². The lowest BCUT2D eigenvalue weighted by Crippen LogP contribution is -2.52. The lowest BCUT2D eigenvalue weighted by Gasteiger charge is -2.37. The number of hydrogen-bond donors (Lipinski definition) is 1. The number of piperazine rings is 1. The van der Waals surface area contributed by atoms with Gasteiger partial charge in [-0.05, 0) is 25.1 Å². The van der Waals surface area contributed by atoms with E-state index in [1.54, 1.807) is 14.0 Å². The van der Waals surface area contributed by atoms with E-state index in [0.29, 0.717) is 18.3 Å². The van der Waals surface area contributed by atoms with E-state index in [9.17, 15) is 0 Å². The Labute approximate surface area is 146 Å². The van der Waals surface area contributed by atoms with Crippen LogP contribution in [0.25, 0.3) is 0 Å². The Bertz CT molecular complexity index is 708. The maximum atomic E-state index is 6.08. The third kappa shape index (κ3) is 3.97. The Morgan fingerprint density at radius 2 is 2.12 bits per heavy atom. The number of aryl methyl sites for hydroxylation is 1. The molecule has 1 aromatic heterocycles. The molecule has 0 aliphatic carbocycles. The van der Waals surface area contributed by atoms with Crippen LogP contribution in [-0.4, -0.2) is 54.2 Å². The number of guanidine groups is 1. The summed E-state index contributed by atoms with van der Waals surface area (Å²) in [5.74, 6) is 2.04. The maximum absolute atomic E-state index is 6.08. The zero-order valence-corrected chi connectivity index (χ0v) is 14.6. The number of aromatic nitrogens is 2. The molecule has 0 bridgehead atoms. The molecule has 1 fully saturated rings. The summed E-state index contributed by atoms with van der Waals surface area (Å²) in [5.41, 5.74) is 1.16. The van der Waals surface area contributed by atoms with Gasteiger partial charge in [0, 0.05) is 43.9 Å². The molecule has 1 aliphatic heterocycles. The van der Waals surface area contributed by atoms with Crippen LogP contribution in [0.15, 0.2) is 33.8 Å². The molecule has 0 radical (unpaired) electrons. The minimum atomic E-state index is 0.474. The van der Waals surface area contributed by atoms with Gasteiger partial charge in [-0.15, -0.1) is 0 Å². The van der Waals surface area contributed by atoms with Gasteiger partial charge in [-0.3, -0.25) is 4.99 Å². The molecule has 0 saturated carbocycles. The maximum Gasteiger partial charge on any atom is 0.246 e. The van der Waals surface area contributed by atoms with E-state index in [0.717, 1.165) is 42.8 Å². The van der Waals surface area contributed by atoms with E-state index in [4.69, 9.17) is 16.1 Å². The largest absolute Gasteiger partial charge is 0.368 e. The van der Waals surface area contributed by atoms with Gasteiger partial charge < -0.3 is 19.6 Å². The molecule has 1 aliphatic rings. The highest BCUT2D eigenvalue weighted by atomic mass is 35.5. The van der Waals surface area contributed by atoms with Gasteiger partial charge in [-0.1, -0.05) is 22.8 Å². The number of benzene rings is 1. The van der Waals surface area contributed by atoms with E-state index in [2.05, 4.69) is 36.3 Å². The van der Waals surface area contributed by atoms with Gasteiger partial charge in [-0.25, -0.2) is 0 Å². The van der Waals surface area contributed by atoms with E-state index in [1.807, 2.05) is 18.2 Å². The minimum Gasteiger partial charge on any atom is -0.368 e. The quantitative estimate of drug-likeness (QED) is 0.675. The molecule has 7 nitrogen and oxygen atoms in total. The summed E-state index contributed by atoms with van der Waals surface area (Å²) in [6, 6.07) is 7.97. The van der Waals surface area contributed by atoms with Crippen LogP contribution in [0, 0.1) is 6.92 Å². The molecule has 0 amide bonds. The Morgan fingerprint density at radius 1 is 1.33 bits per heavy atom. The summed E-state index contributed by atoms with van der Waals surface area (Å²) in [6.07, 6.45) is 0. The molecule has 24 heavy (non-hydrogen) atoms. The molecule has 0 spiro atoms. The first-order chi connectivity index (χ1) is 11.7. The van der Waals surface area contributed by atoms with Crippen molar-refractivity contribution in [3.05, 3.63) is 41.0 Å². The summed E-state index contributed by atoms with van der Waals surface area (Å²) >= 11 is 6.08. The minimum absolute atomic E-state index is 0.474. The first kappa shape index (κ1) is 16.6. The molecule has 1 N–H and O–H groups in total. The highest BCUT2D eigenvalue weighted by Crippen LogP contribution is 2.20. The van der Waals surface area contributed by atoms with Crippen molar-refractivity contribution in [2.45, 2.75) is 13.5 Å². The molecule has 2 aromatic rings. The Morgan fingerprint density at radius 3 is 2.75 bits per heavy atom. The van der Waals surface area contributed by atoms with Crippen LogP contribution in [0.5, 0.6) is 0 Å². The van der Waals surface area contributed by atoms with Crippen LogP contribution in [-0.2, 0) is 6.54 Å². The topological polar surface area (TPSA) is 69.8 Å². The molecule has 8 heteroatoms. The van der Waals surface area contributed by atoms with E-state index >= 15 is 0 Å². The summed E-state index contributed by atoms with van der Waals surface area (Å²) in [5, 5.41) is 7.82. The second-order valence-corrected chi connectivity index (χ2v) is 6.03. The molecule has 3 rings (SSSR count). The second-order valence-electron chi connectivity index (χ2n) is 5.59. The average Bonchev–Trinajstić information content (AvgIpc) is 3.01. The van der Waals surface area contributed by atoms with E-state index in [-0.39, 0.29) is 0 Å². The van der Waals surface area contributed by atoms with Gasteiger partial charge in [0.25, 0.3) is 0 Å². The predicted molar refractivity (Wildman–Crippen MR) is 94.5 cm³/mol. The van der Waals surface area contributed by atoms with Crippen molar-refractivity contribution >= 4 is 23.2 Å². The van der Waals surface area contributed by atoms with Gasteiger partial charge in [0.05, 0.1) is 6.54 Å². The van der Waals surface area contributed by atoms with Gasteiger partial charge in [0.1, 0.15) is 0 Å². The van der Waals surface area contributed by atoms with Gasteiger partial charge in [-0.2, -0.15) is 4.98 Å². The predicted octanol–water partition coefficient (Wildman–Crippen LogP) is 1.93. The zero-order chi connectivity index (χ0) is 16.9. The van der Waals surface area contributed by atoms with Gasteiger partial charge in [0.2, 0.25) is 5.89 Å². The third-order valence-electron chi connectivity index (χ3n) is 3.93. The lowest BCUT2D eigenvalue weighted by atomic mass is 10.2. The van der Waals surface area contributed by atoms with Crippen LogP contribution >= 0.6 is 11.6 Å². The highest BCUT2D eigenvalue weighted by molar-refractivity contribution is 6.30. The van der Waals surface area contributed by atoms with Crippen molar-refractivity contribution in [1.82, 2.24) is 20.4 Å². The van der Waals surface area contributed by atoms with Crippen molar-refractivity contribution in [3.8, 4) is 0 Å². The fourth-order valence-corrected chi connectivity index (χ4v) is 2.93. The Hall–Kier alpha value is -2.28. The van der Waals surface area contributed by atoms with Crippen LogP contribution in [0.2, 0.25) is 5.02 Å². The van der Waals surface area contributed by atoms with Crippen molar-refractivity contribution in [2.24, 2.45) is 4.99 Å². The number of hydrogen-bond acceptors (Lipinski definition) is 5. The Balaban J connectivity index is 1.54. The van der Waals surface area contributed by atoms with Crippen LogP contribution in [0.1, 0.15) is 11.7 Å². The van der Waals surface area contributed by atoms with Crippen molar-refractivity contribution in [2.75, 3.05) is 38.1 Å². The summed E-state index contributed by atoms with van der Waals surface area (Å²) in [6.45, 7) is 5.88. The van der Waals surface area contributed by atoms with E-state index < -0.39 is 0 Å². The summed E-state index contributed by atoms with van der Waals surface area (Å²) < 4.78 is 5.11. The molecule has 1 saturated heterocycles. The molecule has 0 atom stereocenters. The fourth-order valence-electron chi connectivity index (χ4n) is 2.75. The second kappa shape index (κ2) is 7.53. The molecule has 128 valence electrons. The molecule has 1 aromatic carbocycles. The first-order valence-electron chi connectivity index (χ1n) is 7.91. The number of rotatable bonds is 3. The molecular formula is C16H21ClN6O. The smallest absolute Gasteiger partial charge is 0.246 e. The van der Waals surface area contributed by atoms with Crippen molar-refractivity contribution < 1.29 is 4.52 Å². The fraction of sp³-hybridized carbons (Fsp3) is 0.438. The van der Waals surface area contributed by atoms with Gasteiger partial charge in [0.15, 0.2) is 11.8 Å². The SMILES string of the molecule is CN=C(NCc1nc(C)no1)N1CCN(c2cccc(Cl)c2)CC1. The highest BCUT2D eigenvalue weighted by Gasteiger charge is 2.20. The van der Waals surface area contributed by atoms with Gasteiger partial charge >= 0.3 is 0 Å².